The molecule has 1 atom stereocenters. The highest BCUT2D eigenvalue weighted by Gasteiger charge is 2.29. The highest BCUT2D eigenvalue weighted by molar-refractivity contribution is 5.84. The number of hydrogen-bond acceptors (Lipinski definition) is 4. The van der Waals surface area contributed by atoms with Crippen LogP contribution in [0.5, 0.6) is 0 Å². The molecule has 24 heavy (non-hydrogen) atoms. The maximum Gasteiger partial charge on any atom is 0.167 e. The number of aromatic nitrogens is 3. The molecular formula is C17H14F2N4O. The lowest BCUT2D eigenvalue weighted by Gasteiger charge is -2.26. The van der Waals surface area contributed by atoms with Crippen molar-refractivity contribution in [3.8, 4) is 0 Å². The number of carbonyl (C=O) groups excluding carboxylic acids is 1. The van der Waals surface area contributed by atoms with Crippen LogP contribution in [0.2, 0.25) is 0 Å². The van der Waals surface area contributed by atoms with Crippen LogP contribution in [0.3, 0.4) is 0 Å². The van der Waals surface area contributed by atoms with Crippen LogP contribution in [0, 0.1) is 11.6 Å². The van der Waals surface area contributed by atoms with Crippen molar-refractivity contribution in [1.29, 1.82) is 0 Å². The SMILES string of the molecule is O=Cc1cnn2ccc(N3CCCC3c3cc(F)ccc3F)nc12. The first-order valence-corrected chi connectivity index (χ1v) is 7.68. The maximum absolute atomic E-state index is 14.2. The topological polar surface area (TPSA) is 50.5 Å². The van der Waals surface area contributed by atoms with E-state index in [1.165, 1.54) is 16.8 Å². The van der Waals surface area contributed by atoms with Gasteiger partial charge < -0.3 is 4.90 Å². The molecule has 5 nitrogen and oxygen atoms in total. The van der Waals surface area contributed by atoms with E-state index in [-0.39, 0.29) is 6.04 Å². The minimum Gasteiger partial charge on any atom is -0.349 e. The summed E-state index contributed by atoms with van der Waals surface area (Å²) in [5.41, 5.74) is 1.18. The van der Waals surface area contributed by atoms with Gasteiger partial charge >= 0.3 is 0 Å². The summed E-state index contributed by atoms with van der Waals surface area (Å²) in [4.78, 5) is 17.5. The minimum absolute atomic E-state index is 0.279. The van der Waals surface area contributed by atoms with Gasteiger partial charge in [-0.3, -0.25) is 4.79 Å². The molecule has 0 bridgehead atoms. The standard InChI is InChI=1S/C17H14F2N4O/c18-12-3-4-14(19)13(8-12)15-2-1-6-22(15)16-5-7-23-17(21-16)11(10-24)9-20-23/h3-5,7-10,15H,1-2,6H2. The van der Waals surface area contributed by atoms with E-state index in [2.05, 4.69) is 10.1 Å². The second-order valence-corrected chi connectivity index (χ2v) is 5.79. The fraction of sp³-hybridized carbons (Fsp3) is 0.235. The van der Waals surface area contributed by atoms with Gasteiger partial charge in [0.15, 0.2) is 11.9 Å². The Bertz CT molecular complexity index is 924. The van der Waals surface area contributed by atoms with E-state index < -0.39 is 11.6 Å². The monoisotopic (exact) mass is 328 g/mol. The normalized spacial score (nSPS) is 17.6. The molecule has 4 rings (SSSR count). The zero-order valence-electron chi connectivity index (χ0n) is 12.7. The van der Waals surface area contributed by atoms with Crippen molar-refractivity contribution in [2.45, 2.75) is 18.9 Å². The summed E-state index contributed by atoms with van der Waals surface area (Å²) in [5, 5.41) is 4.05. The Labute approximate surface area is 136 Å². The van der Waals surface area contributed by atoms with Gasteiger partial charge in [0.25, 0.3) is 0 Å². The molecule has 0 spiro atoms. The molecule has 1 fully saturated rings. The predicted molar refractivity (Wildman–Crippen MR) is 84.1 cm³/mol. The highest BCUT2D eigenvalue weighted by Crippen LogP contribution is 2.36. The van der Waals surface area contributed by atoms with Crippen LogP contribution in [0.25, 0.3) is 5.65 Å². The lowest BCUT2D eigenvalue weighted by Crippen LogP contribution is -2.24. The van der Waals surface area contributed by atoms with Crippen molar-refractivity contribution in [3.63, 3.8) is 0 Å². The van der Waals surface area contributed by atoms with Crippen molar-refractivity contribution < 1.29 is 13.6 Å². The number of rotatable bonds is 3. The lowest BCUT2D eigenvalue weighted by molar-refractivity contribution is 0.112. The fourth-order valence-corrected chi connectivity index (χ4v) is 3.25. The number of hydrogen-bond donors (Lipinski definition) is 0. The first kappa shape index (κ1) is 14.7. The van der Waals surface area contributed by atoms with Crippen LogP contribution < -0.4 is 4.90 Å². The van der Waals surface area contributed by atoms with Gasteiger partial charge in [-0.1, -0.05) is 0 Å². The molecule has 1 aliphatic heterocycles. The molecule has 0 saturated carbocycles. The number of halogens is 2. The molecule has 3 heterocycles. The van der Waals surface area contributed by atoms with Crippen molar-refractivity contribution in [2.75, 3.05) is 11.4 Å². The maximum atomic E-state index is 14.2. The molecule has 3 aromatic rings. The van der Waals surface area contributed by atoms with Crippen molar-refractivity contribution >= 4 is 17.8 Å². The second kappa shape index (κ2) is 5.67. The zero-order valence-corrected chi connectivity index (χ0v) is 12.7. The summed E-state index contributed by atoms with van der Waals surface area (Å²) in [7, 11) is 0. The van der Waals surface area contributed by atoms with E-state index in [0.29, 0.717) is 41.8 Å². The van der Waals surface area contributed by atoms with E-state index in [1.807, 2.05) is 4.90 Å². The summed E-state index contributed by atoms with van der Waals surface area (Å²) >= 11 is 0. The molecule has 0 amide bonds. The average Bonchev–Trinajstić information content (AvgIpc) is 3.22. The van der Waals surface area contributed by atoms with Gasteiger partial charge in [0.1, 0.15) is 17.5 Å². The number of anilines is 1. The summed E-state index contributed by atoms with van der Waals surface area (Å²) in [6, 6.07) is 5.00. The Morgan fingerprint density at radius 2 is 2.12 bits per heavy atom. The molecular weight excluding hydrogens is 314 g/mol. The highest BCUT2D eigenvalue weighted by atomic mass is 19.1. The van der Waals surface area contributed by atoms with Gasteiger partial charge in [0.05, 0.1) is 17.8 Å². The third-order valence-corrected chi connectivity index (χ3v) is 4.37. The molecule has 1 aliphatic rings. The van der Waals surface area contributed by atoms with Gasteiger partial charge in [-0.05, 0) is 37.1 Å². The Balaban J connectivity index is 1.77. The van der Waals surface area contributed by atoms with Gasteiger partial charge in [-0.2, -0.15) is 5.10 Å². The van der Waals surface area contributed by atoms with Crippen molar-refractivity contribution in [2.24, 2.45) is 0 Å². The molecule has 7 heteroatoms. The van der Waals surface area contributed by atoms with Crippen LogP contribution in [-0.4, -0.2) is 27.4 Å². The van der Waals surface area contributed by atoms with Crippen LogP contribution in [0.1, 0.15) is 34.8 Å². The number of nitrogens with zero attached hydrogens (tertiary/aromatic N) is 4. The molecule has 0 N–H and O–H groups in total. The Hall–Kier alpha value is -2.83. The van der Waals surface area contributed by atoms with Crippen molar-refractivity contribution in [1.82, 2.24) is 14.6 Å². The average molecular weight is 328 g/mol. The summed E-state index contributed by atoms with van der Waals surface area (Å²) in [6.07, 6.45) is 5.43. The van der Waals surface area contributed by atoms with Gasteiger partial charge in [-0.15, -0.1) is 0 Å². The van der Waals surface area contributed by atoms with E-state index >= 15 is 0 Å². The van der Waals surface area contributed by atoms with Crippen LogP contribution in [0.15, 0.2) is 36.7 Å². The molecule has 0 radical (unpaired) electrons. The quantitative estimate of drug-likeness (QED) is 0.693. The molecule has 1 saturated heterocycles. The van der Waals surface area contributed by atoms with Crippen molar-refractivity contribution in [3.05, 3.63) is 59.4 Å². The smallest absolute Gasteiger partial charge is 0.167 e. The third-order valence-electron chi connectivity index (χ3n) is 4.37. The Morgan fingerprint density at radius 1 is 1.25 bits per heavy atom. The van der Waals surface area contributed by atoms with E-state index in [1.54, 1.807) is 12.3 Å². The number of aldehydes is 1. The molecule has 1 aromatic carbocycles. The Morgan fingerprint density at radius 3 is 2.96 bits per heavy atom. The first-order chi connectivity index (χ1) is 11.7. The number of carbonyl (C=O) groups is 1. The first-order valence-electron chi connectivity index (χ1n) is 7.68. The predicted octanol–water partition coefficient (Wildman–Crippen LogP) is 3.16. The second-order valence-electron chi connectivity index (χ2n) is 5.79. The van der Waals surface area contributed by atoms with E-state index in [0.717, 1.165) is 18.6 Å². The van der Waals surface area contributed by atoms with Gasteiger partial charge in [0, 0.05) is 18.3 Å². The number of fused-ring (bicyclic) bond motifs is 1. The molecule has 2 aromatic heterocycles. The lowest BCUT2D eigenvalue weighted by atomic mass is 10.0. The fourth-order valence-electron chi connectivity index (χ4n) is 3.25. The van der Waals surface area contributed by atoms with E-state index in [4.69, 9.17) is 0 Å². The number of benzene rings is 1. The van der Waals surface area contributed by atoms with Crippen LogP contribution >= 0.6 is 0 Å². The molecule has 0 aliphatic carbocycles. The Kier molecular flexibility index (Phi) is 3.48. The summed E-state index contributed by atoms with van der Waals surface area (Å²) < 4.78 is 29.2. The summed E-state index contributed by atoms with van der Waals surface area (Å²) in [6.45, 7) is 0.689. The third kappa shape index (κ3) is 2.33. The van der Waals surface area contributed by atoms with Crippen LogP contribution in [0.4, 0.5) is 14.6 Å². The minimum atomic E-state index is -0.458. The summed E-state index contributed by atoms with van der Waals surface area (Å²) in [5.74, 6) is -0.259. The van der Waals surface area contributed by atoms with Crippen LogP contribution in [-0.2, 0) is 0 Å². The molecule has 1 unspecified atom stereocenters. The van der Waals surface area contributed by atoms with Gasteiger partial charge in [-0.25, -0.2) is 18.3 Å². The van der Waals surface area contributed by atoms with Gasteiger partial charge in [0.2, 0.25) is 0 Å². The molecule has 122 valence electrons. The largest absolute Gasteiger partial charge is 0.349 e. The zero-order chi connectivity index (χ0) is 16.7. The van der Waals surface area contributed by atoms with E-state index in [9.17, 15) is 13.6 Å².